The van der Waals surface area contributed by atoms with Gasteiger partial charge in [0.05, 0.1) is 11.3 Å². The Balaban J connectivity index is 2.15. The molecular formula is C20H24N4OS. The molecule has 136 valence electrons. The lowest BCUT2D eigenvalue weighted by Crippen LogP contribution is -2.37. The maximum atomic E-state index is 13.6. The first-order valence-corrected chi connectivity index (χ1v) is 10.4. The molecule has 4 rings (SSSR count). The second-order valence-corrected chi connectivity index (χ2v) is 8.01. The zero-order chi connectivity index (χ0) is 18.5. The molecule has 0 saturated heterocycles. The van der Waals surface area contributed by atoms with Crippen LogP contribution in [0.3, 0.4) is 0 Å². The van der Waals surface area contributed by atoms with Gasteiger partial charge in [-0.2, -0.15) is 0 Å². The number of nitrogens with zero attached hydrogens (tertiary/aromatic N) is 4. The molecule has 0 saturated carbocycles. The van der Waals surface area contributed by atoms with Crippen LogP contribution in [-0.4, -0.2) is 25.4 Å². The van der Waals surface area contributed by atoms with E-state index < -0.39 is 0 Å². The largest absolute Gasteiger partial charge is 0.268 e. The summed E-state index contributed by atoms with van der Waals surface area (Å²) in [6.45, 7) is 7.20. The summed E-state index contributed by atoms with van der Waals surface area (Å²) in [5.74, 6) is 0.648. The number of rotatable bonds is 4. The zero-order valence-electron chi connectivity index (χ0n) is 15.7. The Hall–Kier alpha value is -2.08. The Morgan fingerprint density at radius 3 is 2.73 bits per heavy atom. The van der Waals surface area contributed by atoms with Crippen LogP contribution in [0, 0.1) is 0 Å². The number of aromatic nitrogens is 4. The van der Waals surface area contributed by atoms with Crippen molar-refractivity contribution in [3.05, 3.63) is 45.7 Å². The molecule has 0 amide bonds. The lowest BCUT2D eigenvalue weighted by molar-refractivity contribution is 0.439. The summed E-state index contributed by atoms with van der Waals surface area (Å²) in [7, 11) is 0. The van der Waals surface area contributed by atoms with Gasteiger partial charge in [0.1, 0.15) is 0 Å². The van der Waals surface area contributed by atoms with Gasteiger partial charge in [-0.15, -0.1) is 5.10 Å². The van der Waals surface area contributed by atoms with E-state index in [9.17, 15) is 4.79 Å². The molecule has 0 spiro atoms. The second-order valence-electron chi connectivity index (χ2n) is 7.23. The normalized spacial score (nSPS) is 18.8. The summed E-state index contributed by atoms with van der Waals surface area (Å²) in [5.41, 5.74) is 3.86. The van der Waals surface area contributed by atoms with Crippen molar-refractivity contribution in [2.75, 3.05) is 6.26 Å². The van der Waals surface area contributed by atoms with E-state index in [4.69, 9.17) is 4.98 Å². The Bertz CT molecular complexity index is 1050. The van der Waals surface area contributed by atoms with Gasteiger partial charge in [-0.25, -0.2) is 14.1 Å². The predicted octanol–water partition coefficient (Wildman–Crippen LogP) is 3.91. The third-order valence-corrected chi connectivity index (χ3v) is 6.18. The molecule has 1 unspecified atom stereocenters. The smallest absolute Gasteiger partial charge is 0.265 e. The highest BCUT2D eigenvalue weighted by Gasteiger charge is 2.38. The van der Waals surface area contributed by atoms with Crippen molar-refractivity contribution in [3.63, 3.8) is 0 Å². The molecule has 1 atom stereocenters. The van der Waals surface area contributed by atoms with Gasteiger partial charge in [0, 0.05) is 17.5 Å². The van der Waals surface area contributed by atoms with Gasteiger partial charge in [-0.05, 0) is 31.1 Å². The molecule has 1 aliphatic rings. The van der Waals surface area contributed by atoms with Crippen LogP contribution < -0.4 is 5.56 Å². The first-order valence-electron chi connectivity index (χ1n) is 9.20. The van der Waals surface area contributed by atoms with E-state index in [1.54, 1.807) is 4.40 Å². The molecule has 26 heavy (non-hydrogen) atoms. The molecule has 0 bridgehead atoms. The van der Waals surface area contributed by atoms with E-state index >= 15 is 0 Å². The monoisotopic (exact) mass is 368 g/mol. The first kappa shape index (κ1) is 17.3. The van der Waals surface area contributed by atoms with E-state index in [1.807, 2.05) is 17.0 Å². The molecule has 1 aliphatic carbocycles. The fourth-order valence-electron chi connectivity index (χ4n) is 4.00. The van der Waals surface area contributed by atoms with E-state index in [1.165, 1.54) is 17.3 Å². The van der Waals surface area contributed by atoms with E-state index in [0.29, 0.717) is 10.9 Å². The van der Waals surface area contributed by atoms with E-state index in [-0.39, 0.29) is 11.0 Å². The van der Waals surface area contributed by atoms with Crippen molar-refractivity contribution in [1.29, 1.82) is 0 Å². The van der Waals surface area contributed by atoms with Crippen LogP contribution in [-0.2, 0) is 18.4 Å². The summed E-state index contributed by atoms with van der Waals surface area (Å²) < 4.78 is 3.58. The van der Waals surface area contributed by atoms with Gasteiger partial charge in [0.25, 0.3) is 5.56 Å². The minimum absolute atomic E-state index is 0.0376. The van der Waals surface area contributed by atoms with Gasteiger partial charge in [0.2, 0.25) is 5.78 Å². The number of hydrogen-bond acceptors (Lipinski definition) is 4. The molecule has 3 aromatic rings. The van der Waals surface area contributed by atoms with Crippen LogP contribution in [0.5, 0.6) is 0 Å². The highest BCUT2D eigenvalue weighted by molar-refractivity contribution is 7.98. The van der Waals surface area contributed by atoms with E-state index in [2.05, 4.69) is 44.1 Å². The Kier molecular flexibility index (Phi) is 4.18. The van der Waals surface area contributed by atoms with E-state index in [0.717, 1.165) is 42.6 Å². The standard InChI is InChI=1S/C20H24N4OS/c1-5-11-23-18-21-16-14-10-8-7-9-13(14)12-20(3,6-2)15(16)17(25)24(18)19(22-23)26-4/h7-10H,5-6,11-12H2,1-4H3. The van der Waals surface area contributed by atoms with Gasteiger partial charge in [-0.3, -0.25) is 4.79 Å². The second kappa shape index (κ2) is 6.27. The van der Waals surface area contributed by atoms with Gasteiger partial charge < -0.3 is 0 Å². The Labute approximate surface area is 157 Å². The number of fused-ring (bicyclic) bond motifs is 4. The molecular weight excluding hydrogens is 344 g/mol. The van der Waals surface area contributed by atoms with Gasteiger partial charge in [0.15, 0.2) is 5.16 Å². The highest BCUT2D eigenvalue weighted by atomic mass is 32.2. The summed E-state index contributed by atoms with van der Waals surface area (Å²) >= 11 is 1.49. The van der Waals surface area contributed by atoms with Gasteiger partial charge in [-0.1, -0.05) is 56.8 Å². The first-order chi connectivity index (χ1) is 12.5. The zero-order valence-corrected chi connectivity index (χ0v) is 16.6. The van der Waals surface area contributed by atoms with Crippen LogP contribution in [0.1, 0.15) is 44.7 Å². The van der Waals surface area contributed by atoms with Crippen molar-refractivity contribution < 1.29 is 0 Å². The molecule has 1 aromatic carbocycles. The third kappa shape index (κ3) is 2.35. The maximum Gasteiger partial charge on any atom is 0.265 e. The van der Waals surface area contributed by atoms with Crippen molar-refractivity contribution >= 4 is 17.5 Å². The summed E-state index contributed by atoms with van der Waals surface area (Å²) in [5, 5.41) is 5.35. The molecule has 6 heteroatoms. The molecule has 0 aliphatic heterocycles. The highest BCUT2D eigenvalue weighted by Crippen LogP contribution is 2.42. The van der Waals surface area contributed by atoms with Crippen molar-refractivity contribution in [3.8, 4) is 11.3 Å². The number of aryl methyl sites for hydroxylation is 1. The maximum absolute atomic E-state index is 13.6. The van der Waals surface area contributed by atoms with Crippen LogP contribution >= 0.6 is 11.8 Å². The average Bonchev–Trinajstić information content (AvgIpc) is 3.00. The van der Waals surface area contributed by atoms with Crippen LogP contribution in [0.25, 0.3) is 17.0 Å². The summed E-state index contributed by atoms with van der Waals surface area (Å²) in [4.78, 5) is 18.6. The number of thioether (sulfide) groups is 1. The molecule has 0 N–H and O–H groups in total. The SMILES string of the molecule is CCCn1nc(SC)n2c(=O)c3c(nc12)-c1ccccc1CC3(C)CC. The average molecular weight is 369 g/mol. The van der Waals surface area contributed by atoms with Crippen molar-refractivity contribution in [2.24, 2.45) is 0 Å². The van der Waals surface area contributed by atoms with Crippen LogP contribution in [0.4, 0.5) is 0 Å². The predicted molar refractivity (Wildman–Crippen MR) is 106 cm³/mol. The van der Waals surface area contributed by atoms with Crippen molar-refractivity contribution in [1.82, 2.24) is 19.2 Å². The lowest BCUT2D eigenvalue weighted by atomic mass is 9.69. The topological polar surface area (TPSA) is 52.2 Å². The molecule has 2 aromatic heterocycles. The van der Waals surface area contributed by atoms with Gasteiger partial charge >= 0.3 is 0 Å². The lowest BCUT2D eigenvalue weighted by Gasteiger charge is -2.35. The minimum Gasteiger partial charge on any atom is -0.268 e. The Morgan fingerprint density at radius 2 is 2.04 bits per heavy atom. The minimum atomic E-state index is -0.211. The quantitative estimate of drug-likeness (QED) is 0.655. The molecule has 0 fully saturated rings. The molecule has 5 nitrogen and oxygen atoms in total. The summed E-state index contributed by atoms with van der Waals surface area (Å²) in [6, 6.07) is 8.34. The molecule has 0 radical (unpaired) electrons. The fraction of sp³-hybridized carbons (Fsp3) is 0.450. The van der Waals surface area contributed by atoms with Crippen LogP contribution in [0.15, 0.2) is 34.2 Å². The number of benzene rings is 1. The number of hydrogen-bond donors (Lipinski definition) is 0. The van der Waals surface area contributed by atoms with Crippen LogP contribution in [0.2, 0.25) is 0 Å². The Morgan fingerprint density at radius 1 is 1.27 bits per heavy atom. The third-order valence-electron chi connectivity index (χ3n) is 5.55. The molecule has 2 heterocycles. The fourth-order valence-corrected chi connectivity index (χ4v) is 4.52. The van der Waals surface area contributed by atoms with Crippen molar-refractivity contribution in [2.45, 2.75) is 57.1 Å². The summed E-state index contributed by atoms with van der Waals surface area (Å²) in [6.07, 6.45) is 4.67.